The molecule has 1 aliphatic rings. The fourth-order valence-corrected chi connectivity index (χ4v) is 2.76. The van der Waals surface area contributed by atoms with Crippen LogP contribution in [0.25, 0.3) is 0 Å². The van der Waals surface area contributed by atoms with Gasteiger partial charge in [0.1, 0.15) is 17.3 Å². The highest BCUT2D eigenvalue weighted by Crippen LogP contribution is 2.27. The van der Waals surface area contributed by atoms with Gasteiger partial charge in [0, 0.05) is 13.0 Å². The van der Waals surface area contributed by atoms with Crippen LogP contribution in [0.2, 0.25) is 0 Å². The zero-order valence-corrected chi connectivity index (χ0v) is 13.8. The van der Waals surface area contributed by atoms with E-state index in [4.69, 9.17) is 14.6 Å². The summed E-state index contributed by atoms with van der Waals surface area (Å²) in [6.07, 6.45) is -4.36. The molecule has 0 radical (unpaired) electrons. The van der Waals surface area contributed by atoms with Gasteiger partial charge in [-0.15, -0.1) is 0 Å². The van der Waals surface area contributed by atoms with E-state index in [2.05, 4.69) is 10.3 Å². The maximum atomic E-state index is 13.0. The highest BCUT2D eigenvalue weighted by Gasteiger charge is 2.38. The third-order valence-electron chi connectivity index (χ3n) is 3.03. The summed E-state index contributed by atoms with van der Waals surface area (Å²) < 4.78 is 50.3. The topological polar surface area (TPSA) is 88.5 Å². The van der Waals surface area contributed by atoms with Gasteiger partial charge >= 0.3 is 12.1 Å². The number of thiazole rings is 1. The second kappa shape index (κ2) is 8.13. The standard InChI is InChI=1S/C13H11FN2O2S.C2HF3O2/c14-9-3-1-2-8(6-9)7-18-13-16-10-4-5-15-12(17)11(10)19-13;3-2(4,5)1(6)7/h1-3,6H,4-5,7H2,(H,15,17);(H,6,7). The number of carbonyl (C=O) groups is 2. The number of carboxylic acids is 1. The van der Waals surface area contributed by atoms with Gasteiger partial charge in [-0.1, -0.05) is 23.5 Å². The van der Waals surface area contributed by atoms with Gasteiger partial charge in [-0.05, 0) is 17.7 Å². The van der Waals surface area contributed by atoms with Crippen molar-refractivity contribution < 1.29 is 37.0 Å². The van der Waals surface area contributed by atoms with Crippen molar-refractivity contribution in [2.45, 2.75) is 19.2 Å². The first-order chi connectivity index (χ1) is 12.2. The van der Waals surface area contributed by atoms with E-state index in [9.17, 15) is 22.4 Å². The van der Waals surface area contributed by atoms with E-state index in [1.165, 1.54) is 23.5 Å². The molecule has 11 heteroatoms. The molecule has 3 rings (SSSR count). The average Bonchev–Trinajstić information content (AvgIpc) is 2.97. The van der Waals surface area contributed by atoms with E-state index in [0.29, 0.717) is 16.6 Å². The summed E-state index contributed by atoms with van der Waals surface area (Å²) in [5.74, 6) is -3.15. The van der Waals surface area contributed by atoms with Crippen LogP contribution < -0.4 is 10.1 Å². The molecule has 0 atom stereocenters. The van der Waals surface area contributed by atoms with E-state index in [0.717, 1.165) is 17.7 Å². The summed E-state index contributed by atoms with van der Waals surface area (Å²) >= 11 is 1.23. The second-order valence-corrected chi connectivity index (χ2v) is 5.94. The molecular weight excluding hydrogens is 380 g/mol. The van der Waals surface area contributed by atoms with Gasteiger partial charge in [0.25, 0.3) is 11.1 Å². The molecule has 1 amide bonds. The lowest BCUT2D eigenvalue weighted by atomic mass is 10.2. The summed E-state index contributed by atoms with van der Waals surface area (Å²) in [7, 11) is 0. The normalized spacial score (nSPS) is 13.2. The zero-order valence-electron chi connectivity index (χ0n) is 13.0. The van der Waals surface area contributed by atoms with Crippen LogP contribution in [-0.2, 0) is 17.8 Å². The number of ether oxygens (including phenoxy) is 1. The Kier molecular flexibility index (Phi) is 6.14. The van der Waals surface area contributed by atoms with E-state index in [1.807, 2.05) is 0 Å². The molecule has 0 bridgehead atoms. The number of halogens is 4. The largest absolute Gasteiger partial charge is 0.490 e. The average molecular weight is 392 g/mol. The number of alkyl halides is 3. The maximum absolute atomic E-state index is 13.0. The fraction of sp³-hybridized carbons (Fsp3) is 0.267. The number of benzene rings is 1. The Morgan fingerprint density at radius 3 is 2.65 bits per heavy atom. The molecule has 26 heavy (non-hydrogen) atoms. The second-order valence-electron chi connectivity index (χ2n) is 4.98. The SMILES string of the molecule is O=C(O)C(F)(F)F.O=C1NCCc2nc(OCc3cccc(F)c3)sc21. The van der Waals surface area contributed by atoms with Crippen LogP contribution in [0.3, 0.4) is 0 Å². The molecule has 1 aromatic heterocycles. The molecule has 2 aromatic rings. The van der Waals surface area contributed by atoms with Crippen LogP contribution in [0.5, 0.6) is 5.19 Å². The maximum Gasteiger partial charge on any atom is 0.490 e. The van der Waals surface area contributed by atoms with Gasteiger partial charge in [0.05, 0.1) is 5.69 Å². The number of nitrogens with zero attached hydrogens (tertiary/aromatic N) is 1. The first kappa shape index (κ1) is 19.6. The summed E-state index contributed by atoms with van der Waals surface area (Å²) in [6, 6.07) is 6.22. The Morgan fingerprint density at radius 1 is 1.38 bits per heavy atom. The van der Waals surface area contributed by atoms with E-state index in [-0.39, 0.29) is 18.3 Å². The van der Waals surface area contributed by atoms with Crippen molar-refractivity contribution >= 4 is 23.2 Å². The van der Waals surface area contributed by atoms with Crippen LogP contribution in [-0.4, -0.2) is 34.7 Å². The van der Waals surface area contributed by atoms with Crippen molar-refractivity contribution in [3.05, 3.63) is 46.2 Å². The van der Waals surface area contributed by atoms with Gasteiger partial charge in [-0.25, -0.2) is 14.2 Å². The number of fused-ring (bicyclic) bond motifs is 1. The molecule has 0 aliphatic carbocycles. The number of carbonyl (C=O) groups excluding carboxylic acids is 1. The molecular formula is C15H12F4N2O4S. The molecule has 1 aromatic carbocycles. The highest BCUT2D eigenvalue weighted by atomic mass is 32.1. The Labute approximate surface area is 148 Å². The lowest BCUT2D eigenvalue weighted by molar-refractivity contribution is -0.192. The third-order valence-corrected chi connectivity index (χ3v) is 4.03. The molecule has 140 valence electrons. The van der Waals surface area contributed by atoms with Crippen LogP contribution in [0.4, 0.5) is 17.6 Å². The van der Waals surface area contributed by atoms with E-state index in [1.54, 1.807) is 12.1 Å². The zero-order chi connectivity index (χ0) is 19.3. The number of aromatic nitrogens is 1. The number of hydrogen-bond acceptors (Lipinski definition) is 5. The molecule has 0 saturated heterocycles. The predicted octanol–water partition coefficient (Wildman–Crippen LogP) is 2.78. The quantitative estimate of drug-likeness (QED) is 0.785. The van der Waals surface area contributed by atoms with Crippen molar-refractivity contribution in [3.63, 3.8) is 0 Å². The van der Waals surface area contributed by atoms with Crippen LogP contribution in [0, 0.1) is 5.82 Å². The molecule has 1 aliphatic heterocycles. The van der Waals surface area contributed by atoms with Gasteiger partial charge < -0.3 is 15.2 Å². The monoisotopic (exact) mass is 392 g/mol. The number of hydrogen-bond donors (Lipinski definition) is 2. The molecule has 2 N–H and O–H groups in total. The van der Waals surface area contributed by atoms with Crippen LogP contribution >= 0.6 is 11.3 Å². The molecule has 6 nitrogen and oxygen atoms in total. The predicted molar refractivity (Wildman–Crippen MR) is 82.6 cm³/mol. The highest BCUT2D eigenvalue weighted by molar-refractivity contribution is 7.15. The molecule has 0 unspecified atom stereocenters. The van der Waals surface area contributed by atoms with Gasteiger partial charge in [-0.2, -0.15) is 13.2 Å². The number of aliphatic carboxylic acids is 1. The minimum Gasteiger partial charge on any atom is -0.475 e. The number of rotatable bonds is 3. The first-order valence-electron chi connectivity index (χ1n) is 7.12. The lowest BCUT2D eigenvalue weighted by Gasteiger charge is -2.08. The fourth-order valence-electron chi connectivity index (χ4n) is 1.89. The van der Waals surface area contributed by atoms with Crippen molar-refractivity contribution in [1.29, 1.82) is 0 Å². The molecule has 2 heterocycles. The molecule has 0 spiro atoms. The minimum absolute atomic E-state index is 0.0978. The Hall–Kier alpha value is -2.69. The van der Waals surface area contributed by atoms with Crippen molar-refractivity contribution in [3.8, 4) is 5.19 Å². The Balaban J connectivity index is 0.000000298. The first-order valence-corrected chi connectivity index (χ1v) is 7.93. The molecule has 0 fully saturated rings. The summed E-state index contributed by atoms with van der Waals surface area (Å²) in [5, 5.41) is 10.3. The minimum atomic E-state index is -5.08. The van der Waals surface area contributed by atoms with E-state index < -0.39 is 12.1 Å². The third kappa shape index (κ3) is 5.41. The summed E-state index contributed by atoms with van der Waals surface area (Å²) in [4.78, 5) is 25.4. The summed E-state index contributed by atoms with van der Waals surface area (Å²) in [6.45, 7) is 0.852. The number of amides is 1. The van der Waals surface area contributed by atoms with Crippen LogP contribution in [0.1, 0.15) is 20.9 Å². The van der Waals surface area contributed by atoms with Gasteiger partial charge in [0.15, 0.2) is 0 Å². The summed E-state index contributed by atoms with van der Waals surface area (Å²) in [5.41, 5.74) is 1.51. The number of carboxylic acid groups (broad SMARTS) is 1. The number of nitrogens with one attached hydrogen (secondary N) is 1. The van der Waals surface area contributed by atoms with Gasteiger partial charge in [-0.3, -0.25) is 4.79 Å². The molecule has 0 saturated carbocycles. The Bertz CT molecular complexity index is 807. The van der Waals surface area contributed by atoms with E-state index >= 15 is 0 Å². The van der Waals surface area contributed by atoms with Crippen molar-refractivity contribution in [1.82, 2.24) is 10.3 Å². The lowest BCUT2D eigenvalue weighted by Crippen LogP contribution is -2.30. The van der Waals surface area contributed by atoms with Crippen molar-refractivity contribution in [2.75, 3.05) is 6.54 Å². The Morgan fingerprint density at radius 2 is 2.08 bits per heavy atom. The van der Waals surface area contributed by atoms with Crippen molar-refractivity contribution in [2.24, 2.45) is 0 Å². The van der Waals surface area contributed by atoms with Gasteiger partial charge in [0.2, 0.25) is 0 Å². The smallest absolute Gasteiger partial charge is 0.475 e. The van der Waals surface area contributed by atoms with Crippen LogP contribution in [0.15, 0.2) is 24.3 Å².